The van der Waals surface area contributed by atoms with Crippen molar-refractivity contribution in [2.24, 2.45) is 0 Å². The predicted octanol–water partition coefficient (Wildman–Crippen LogP) is 5.09. The number of carbonyl (C=O) groups excluding carboxylic acids is 2. The van der Waals surface area contributed by atoms with Gasteiger partial charge in [0.2, 0.25) is 0 Å². The van der Waals surface area contributed by atoms with Crippen LogP contribution < -0.4 is 9.50 Å². The summed E-state index contributed by atoms with van der Waals surface area (Å²) < 4.78 is 34.7. The molecule has 8 nitrogen and oxygen atoms in total. The zero-order chi connectivity index (χ0) is 25.6. The van der Waals surface area contributed by atoms with Crippen LogP contribution in [-0.4, -0.2) is 27.4 Å². The van der Waals surface area contributed by atoms with E-state index in [0.717, 1.165) is 0 Å². The number of halogens is 2. The molecular formula is C24H16Cl2N2O6S. The second kappa shape index (κ2) is 11.1. The first-order valence-corrected chi connectivity index (χ1v) is 11.9. The Hall–Kier alpha value is -3.84. The summed E-state index contributed by atoms with van der Waals surface area (Å²) in [4.78, 5) is 24.0. The Labute approximate surface area is 211 Å². The van der Waals surface area contributed by atoms with Gasteiger partial charge in [0, 0.05) is 5.69 Å². The molecule has 1 amide bonds. The number of anilines is 1. The standard InChI is InChI=1S/C24H16Cl2N2O6S/c1-33-24(30)16-7-9-18(10-8-16)28-23(29)17(14-27)11-15-12-20(25)22(21(26)13-15)34-35(31,32)19-5-3-2-4-6-19/h2-13H,1H3,(H,28,29)/b17-11+. The minimum atomic E-state index is -4.19. The van der Waals surface area contributed by atoms with Gasteiger partial charge in [0.15, 0.2) is 5.75 Å². The normalized spacial score (nSPS) is 11.3. The molecule has 11 heteroatoms. The fourth-order valence-corrected chi connectivity index (χ4v) is 4.47. The van der Waals surface area contributed by atoms with Crippen LogP contribution in [0.25, 0.3) is 6.08 Å². The van der Waals surface area contributed by atoms with Crippen molar-refractivity contribution in [3.63, 3.8) is 0 Å². The van der Waals surface area contributed by atoms with E-state index in [-0.39, 0.29) is 31.8 Å². The van der Waals surface area contributed by atoms with Gasteiger partial charge >= 0.3 is 16.1 Å². The van der Waals surface area contributed by atoms with Gasteiger partial charge in [-0.25, -0.2) is 4.79 Å². The van der Waals surface area contributed by atoms with Crippen molar-refractivity contribution < 1.29 is 26.9 Å². The van der Waals surface area contributed by atoms with E-state index in [1.807, 2.05) is 0 Å². The monoisotopic (exact) mass is 530 g/mol. The average Bonchev–Trinajstić information content (AvgIpc) is 2.85. The van der Waals surface area contributed by atoms with Crippen molar-refractivity contribution in [3.8, 4) is 11.8 Å². The van der Waals surface area contributed by atoms with Crippen LogP contribution in [0.3, 0.4) is 0 Å². The fourth-order valence-electron chi connectivity index (χ4n) is 2.81. The van der Waals surface area contributed by atoms with E-state index >= 15 is 0 Å². The Morgan fingerprint density at radius 1 is 1.00 bits per heavy atom. The highest BCUT2D eigenvalue weighted by Crippen LogP contribution is 2.36. The summed E-state index contributed by atoms with van der Waals surface area (Å²) in [6.07, 6.45) is 1.23. The number of methoxy groups -OCH3 is 1. The van der Waals surface area contributed by atoms with Crippen molar-refractivity contribution in [1.29, 1.82) is 5.26 Å². The average molecular weight is 531 g/mol. The van der Waals surface area contributed by atoms with Gasteiger partial charge in [-0.05, 0) is 60.2 Å². The predicted molar refractivity (Wildman–Crippen MR) is 131 cm³/mol. The van der Waals surface area contributed by atoms with E-state index in [1.165, 1.54) is 73.8 Å². The van der Waals surface area contributed by atoms with E-state index < -0.39 is 22.0 Å². The molecule has 0 aromatic heterocycles. The molecule has 3 rings (SSSR count). The van der Waals surface area contributed by atoms with Gasteiger partial charge in [-0.2, -0.15) is 13.7 Å². The number of nitriles is 1. The van der Waals surface area contributed by atoms with Gasteiger partial charge in [0.05, 0.1) is 22.7 Å². The molecule has 0 bridgehead atoms. The third kappa shape index (κ3) is 6.39. The van der Waals surface area contributed by atoms with Crippen LogP contribution in [0.5, 0.6) is 5.75 Å². The topological polar surface area (TPSA) is 123 Å². The van der Waals surface area contributed by atoms with E-state index in [9.17, 15) is 23.3 Å². The molecule has 1 N–H and O–H groups in total. The molecular weight excluding hydrogens is 515 g/mol. The summed E-state index contributed by atoms with van der Waals surface area (Å²) in [5.74, 6) is -1.54. The SMILES string of the molecule is COC(=O)c1ccc(NC(=O)/C(C#N)=C/c2cc(Cl)c(OS(=O)(=O)c3ccccc3)c(Cl)c2)cc1. The van der Waals surface area contributed by atoms with E-state index in [2.05, 4.69) is 10.1 Å². The molecule has 0 saturated carbocycles. The van der Waals surface area contributed by atoms with Gasteiger partial charge in [0.1, 0.15) is 16.5 Å². The minimum absolute atomic E-state index is 0.0841. The Kier molecular flexibility index (Phi) is 8.14. The molecule has 35 heavy (non-hydrogen) atoms. The largest absolute Gasteiger partial charge is 0.465 e. The van der Waals surface area contributed by atoms with Gasteiger partial charge in [-0.1, -0.05) is 41.4 Å². The summed E-state index contributed by atoms with van der Waals surface area (Å²) in [7, 11) is -2.94. The Balaban J connectivity index is 1.81. The maximum atomic E-state index is 12.5. The molecule has 0 heterocycles. The van der Waals surface area contributed by atoms with Crippen molar-refractivity contribution in [2.75, 3.05) is 12.4 Å². The van der Waals surface area contributed by atoms with Crippen LogP contribution in [0.15, 0.2) is 77.2 Å². The molecule has 0 aliphatic carbocycles. The molecule has 0 radical (unpaired) electrons. The lowest BCUT2D eigenvalue weighted by Gasteiger charge is -2.11. The van der Waals surface area contributed by atoms with Gasteiger partial charge in [-0.15, -0.1) is 0 Å². The number of benzene rings is 3. The number of esters is 1. The third-order valence-electron chi connectivity index (χ3n) is 4.49. The van der Waals surface area contributed by atoms with Gasteiger partial charge in [0.25, 0.3) is 5.91 Å². The summed E-state index contributed by atoms with van der Waals surface area (Å²) in [6.45, 7) is 0. The molecule has 0 atom stereocenters. The van der Waals surface area contributed by atoms with Crippen LogP contribution in [0.2, 0.25) is 10.0 Å². The molecule has 0 aliphatic heterocycles. The Bertz CT molecular complexity index is 1420. The highest BCUT2D eigenvalue weighted by molar-refractivity contribution is 7.87. The molecule has 0 unspecified atom stereocenters. The van der Waals surface area contributed by atoms with E-state index in [0.29, 0.717) is 11.3 Å². The second-order valence-electron chi connectivity index (χ2n) is 6.86. The quantitative estimate of drug-likeness (QED) is 0.195. The van der Waals surface area contributed by atoms with Gasteiger partial charge in [-0.3, -0.25) is 4.79 Å². The molecule has 0 fully saturated rings. The first-order valence-electron chi connectivity index (χ1n) is 9.74. The molecule has 3 aromatic carbocycles. The summed E-state index contributed by atoms with van der Waals surface area (Å²) in [5.41, 5.74) is 0.620. The molecule has 0 spiro atoms. The maximum absolute atomic E-state index is 12.5. The summed E-state index contributed by atoms with van der Waals surface area (Å²) in [6, 6.07) is 17.7. The van der Waals surface area contributed by atoms with E-state index in [1.54, 1.807) is 12.1 Å². The lowest BCUT2D eigenvalue weighted by atomic mass is 10.1. The number of rotatable bonds is 7. The van der Waals surface area contributed by atoms with Crippen LogP contribution in [0, 0.1) is 11.3 Å². The fraction of sp³-hybridized carbons (Fsp3) is 0.0417. The molecule has 0 aliphatic rings. The highest BCUT2D eigenvalue weighted by atomic mass is 35.5. The number of hydrogen-bond donors (Lipinski definition) is 1. The highest BCUT2D eigenvalue weighted by Gasteiger charge is 2.21. The van der Waals surface area contributed by atoms with Crippen LogP contribution in [0.1, 0.15) is 15.9 Å². The van der Waals surface area contributed by atoms with Gasteiger partial charge < -0.3 is 14.2 Å². The zero-order valence-electron chi connectivity index (χ0n) is 18.0. The van der Waals surface area contributed by atoms with Crippen LogP contribution in [-0.2, 0) is 19.6 Å². The van der Waals surface area contributed by atoms with Crippen molar-refractivity contribution in [2.45, 2.75) is 4.90 Å². The smallest absolute Gasteiger partial charge is 0.339 e. The molecule has 178 valence electrons. The summed E-state index contributed by atoms with van der Waals surface area (Å²) in [5, 5.41) is 11.7. The zero-order valence-corrected chi connectivity index (χ0v) is 20.3. The summed E-state index contributed by atoms with van der Waals surface area (Å²) >= 11 is 12.4. The number of hydrogen-bond acceptors (Lipinski definition) is 7. The number of nitrogens with one attached hydrogen (secondary N) is 1. The lowest BCUT2D eigenvalue weighted by molar-refractivity contribution is -0.112. The Morgan fingerprint density at radius 3 is 2.14 bits per heavy atom. The van der Waals surface area contributed by atoms with Crippen molar-refractivity contribution in [1.82, 2.24) is 0 Å². The number of ether oxygens (including phenoxy) is 1. The number of nitrogens with zero attached hydrogens (tertiary/aromatic N) is 1. The lowest BCUT2D eigenvalue weighted by Crippen LogP contribution is -2.13. The first-order chi connectivity index (χ1) is 16.6. The third-order valence-corrected chi connectivity index (χ3v) is 6.28. The van der Waals surface area contributed by atoms with E-state index in [4.69, 9.17) is 27.4 Å². The number of amides is 1. The van der Waals surface area contributed by atoms with Crippen molar-refractivity contribution >= 4 is 57.0 Å². The molecule has 3 aromatic rings. The maximum Gasteiger partial charge on any atom is 0.339 e. The van der Waals surface area contributed by atoms with Crippen LogP contribution in [0.4, 0.5) is 5.69 Å². The van der Waals surface area contributed by atoms with Crippen molar-refractivity contribution in [3.05, 3.63) is 93.5 Å². The Morgan fingerprint density at radius 2 is 1.60 bits per heavy atom. The molecule has 0 saturated heterocycles. The number of carbonyl (C=O) groups is 2. The minimum Gasteiger partial charge on any atom is -0.465 e. The second-order valence-corrected chi connectivity index (χ2v) is 9.22. The van der Waals surface area contributed by atoms with Crippen LogP contribution >= 0.6 is 23.2 Å². The first kappa shape index (κ1) is 25.8.